The molecule has 9 heteroatoms. The van der Waals surface area contributed by atoms with Gasteiger partial charge in [0.15, 0.2) is 0 Å². The molecule has 31 heavy (non-hydrogen) atoms. The number of hydrogen-bond donors (Lipinski definition) is 2. The second kappa shape index (κ2) is 8.83. The van der Waals surface area contributed by atoms with Crippen LogP contribution in [-0.4, -0.2) is 28.8 Å². The van der Waals surface area contributed by atoms with E-state index in [-0.39, 0.29) is 5.69 Å². The van der Waals surface area contributed by atoms with E-state index >= 15 is 0 Å². The van der Waals surface area contributed by atoms with Gasteiger partial charge in [-0.15, -0.1) is 0 Å². The summed E-state index contributed by atoms with van der Waals surface area (Å²) in [6.45, 7) is 5.09. The van der Waals surface area contributed by atoms with Crippen LogP contribution < -0.4 is 10.6 Å². The van der Waals surface area contributed by atoms with Gasteiger partial charge in [-0.3, -0.25) is 9.48 Å². The molecule has 1 aliphatic rings. The van der Waals surface area contributed by atoms with Crippen molar-refractivity contribution in [3.8, 4) is 17.9 Å². The Morgan fingerprint density at radius 3 is 2.65 bits per heavy atom. The largest absolute Gasteiger partial charge is 0.417 e. The van der Waals surface area contributed by atoms with Crippen molar-refractivity contribution in [2.75, 3.05) is 18.4 Å². The number of piperidine rings is 1. The van der Waals surface area contributed by atoms with Crippen LogP contribution in [0.1, 0.15) is 43.4 Å². The highest BCUT2D eigenvalue weighted by Crippen LogP contribution is 2.33. The van der Waals surface area contributed by atoms with Crippen molar-refractivity contribution >= 4 is 11.6 Å². The number of aromatic nitrogens is 2. The fraction of sp³-hybridized carbons (Fsp3) is 0.409. The Hall–Kier alpha value is -3.30. The van der Waals surface area contributed by atoms with E-state index < -0.39 is 28.7 Å². The Morgan fingerprint density at radius 2 is 2.00 bits per heavy atom. The van der Waals surface area contributed by atoms with E-state index in [1.165, 1.54) is 16.8 Å². The van der Waals surface area contributed by atoms with E-state index in [0.29, 0.717) is 11.5 Å². The van der Waals surface area contributed by atoms with Gasteiger partial charge in [0.05, 0.1) is 29.0 Å². The van der Waals surface area contributed by atoms with Crippen molar-refractivity contribution in [1.82, 2.24) is 15.1 Å². The van der Waals surface area contributed by atoms with Crippen LogP contribution in [0.3, 0.4) is 0 Å². The fourth-order valence-electron chi connectivity index (χ4n) is 3.19. The highest BCUT2D eigenvalue weighted by Gasteiger charge is 2.35. The number of halogens is 3. The SMILES string of the molecule is CC(C)(C(=O)Nc1ccc(C#N)c(C(F)(F)F)c1)n1cc(C#CC2CCNCC2)cn1. The molecular weight excluding hydrogens is 407 g/mol. The van der Waals surface area contributed by atoms with Gasteiger partial charge in [-0.1, -0.05) is 11.8 Å². The van der Waals surface area contributed by atoms with Gasteiger partial charge in [0.1, 0.15) is 5.54 Å². The van der Waals surface area contributed by atoms with Gasteiger partial charge in [0, 0.05) is 17.8 Å². The number of rotatable bonds is 3. The normalized spacial score (nSPS) is 15.0. The van der Waals surface area contributed by atoms with Crippen molar-refractivity contribution in [3.05, 3.63) is 47.3 Å². The number of carbonyl (C=O) groups excluding carboxylic acids is 1. The Balaban J connectivity index is 1.75. The molecule has 1 aromatic carbocycles. The van der Waals surface area contributed by atoms with Gasteiger partial charge < -0.3 is 10.6 Å². The lowest BCUT2D eigenvalue weighted by molar-refractivity contribution is -0.137. The van der Waals surface area contributed by atoms with Gasteiger partial charge in [0.25, 0.3) is 5.91 Å². The minimum atomic E-state index is -4.70. The molecular formula is C22H22F3N5O. The minimum absolute atomic E-state index is 0.0533. The van der Waals surface area contributed by atoms with E-state index in [1.807, 2.05) is 0 Å². The number of amides is 1. The molecule has 6 nitrogen and oxygen atoms in total. The Kier molecular flexibility index (Phi) is 6.37. The molecule has 2 N–H and O–H groups in total. The third kappa shape index (κ3) is 5.25. The maximum atomic E-state index is 13.2. The summed E-state index contributed by atoms with van der Waals surface area (Å²) in [5.74, 6) is 6.08. The maximum Gasteiger partial charge on any atom is 0.417 e. The first-order valence-corrected chi connectivity index (χ1v) is 9.81. The minimum Gasteiger partial charge on any atom is -0.324 e. The molecule has 1 aliphatic heterocycles. The zero-order chi connectivity index (χ0) is 22.6. The van der Waals surface area contributed by atoms with Gasteiger partial charge in [-0.25, -0.2) is 0 Å². The first kappa shape index (κ1) is 22.4. The number of nitrogens with one attached hydrogen (secondary N) is 2. The molecule has 0 aliphatic carbocycles. The predicted octanol–water partition coefficient (Wildman–Crippen LogP) is 3.50. The van der Waals surface area contributed by atoms with Gasteiger partial charge in [-0.05, 0) is 58.0 Å². The van der Waals surface area contributed by atoms with Crippen molar-refractivity contribution in [2.24, 2.45) is 5.92 Å². The monoisotopic (exact) mass is 429 g/mol. The molecule has 0 atom stereocenters. The number of benzene rings is 1. The summed E-state index contributed by atoms with van der Waals surface area (Å²) in [6, 6.07) is 4.57. The molecule has 1 aromatic heterocycles. The van der Waals surface area contributed by atoms with Gasteiger partial charge in [-0.2, -0.15) is 23.5 Å². The van der Waals surface area contributed by atoms with E-state index in [1.54, 1.807) is 26.2 Å². The van der Waals surface area contributed by atoms with E-state index in [0.717, 1.165) is 38.1 Å². The molecule has 0 radical (unpaired) electrons. The zero-order valence-electron chi connectivity index (χ0n) is 17.2. The number of alkyl halides is 3. The first-order chi connectivity index (χ1) is 14.6. The molecule has 1 saturated heterocycles. The predicted molar refractivity (Wildman–Crippen MR) is 109 cm³/mol. The Bertz CT molecular complexity index is 1060. The first-order valence-electron chi connectivity index (χ1n) is 9.81. The average molecular weight is 429 g/mol. The molecule has 2 heterocycles. The lowest BCUT2D eigenvalue weighted by Crippen LogP contribution is -2.40. The van der Waals surface area contributed by atoms with Crippen LogP contribution in [0.15, 0.2) is 30.6 Å². The maximum absolute atomic E-state index is 13.2. The number of nitriles is 1. The second-order valence-corrected chi connectivity index (χ2v) is 7.85. The molecule has 1 fully saturated rings. The summed E-state index contributed by atoms with van der Waals surface area (Å²) < 4.78 is 40.9. The number of nitrogens with zero attached hydrogens (tertiary/aromatic N) is 3. The summed E-state index contributed by atoms with van der Waals surface area (Å²) in [7, 11) is 0. The van der Waals surface area contributed by atoms with Gasteiger partial charge in [0.2, 0.25) is 0 Å². The lowest BCUT2D eigenvalue weighted by Gasteiger charge is -2.24. The van der Waals surface area contributed by atoms with Crippen molar-refractivity contribution < 1.29 is 18.0 Å². The van der Waals surface area contributed by atoms with Crippen LogP contribution in [-0.2, 0) is 16.5 Å². The van der Waals surface area contributed by atoms with Crippen LogP contribution >= 0.6 is 0 Å². The summed E-state index contributed by atoms with van der Waals surface area (Å²) in [4.78, 5) is 12.8. The zero-order valence-corrected chi connectivity index (χ0v) is 17.2. The molecule has 0 unspecified atom stereocenters. The Morgan fingerprint density at radius 1 is 1.29 bits per heavy atom. The highest BCUT2D eigenvalue weighted by molar-refractivity contribution is 5.96. The van der Waals surface area contributed by atoms with Crippen LogP contribution in [0.5, 0.6) is 0 Å². The van der Waals surface area contributed by atoms with Crippen molar-refractivity contribution in [3.63, 3.8) is 0 Å². The standard InChI is InChI=1S/C22H22F3N5O/c1-21(2,30-14-16(13-28-30)4-3-15-7-9-27-10-8-15)20(31)29-18-6-5-17(12-26)19(11-18)22(23,24)25/h5-6,11,13-15,27H,7-10H2,1-2H3,(H,29,31). The molecule has 0 saturated carbocycles. The molecule has 162 valence electrons. The number of anilines is 1. The van der Waals surface area contributed by atoms with Crippen LogP contribution in [0, 0.1) is 29.1 Å². The van der Waals surface area contributed by atoms with Crippen molar-refractivity contribution in [1.29, 1.82) is 5.26 Å². The molecule has 1 amide bonds. The van der Waals surface area contributed by atoms with Crippen LogP contribution in [0.25, 0.3) is 0 Å². The quantitative estimate of drug-likeness (QED) is 0.732. The summed E-state index contributed by atoms with van der Waals surface area (Å²) >= 11 is 0. The second-order valence-electron chi connectivity index (χ2n) is 7.85. The highest BCUT2D eigenvalue weighted by atomic mass is 19.4. The molecule has 3 rings (SSSR count). The topological polar surface area (TPSA) is 82.7 Å². The van der Waals surface area contributed by atoms with Gasteiger partial charge >= 0.3 is 6.18 Å². The number of hydrogen-bond acceptors (Lipinski definition) is 4. The van der Waals surface area contributed by atoms with Crippen LogP contribution in [0.2, 0.25) is 0 Å². The van der Waals surface area contributed by atoms with Crippen LogP contribution in [0.4, 0.5) is 18.9 Å². The summed E-state index contributed by atoms with van der Waals surface area (Å²) in [5.41, 5.74) is -2.17. The smallest absolute Gasteiger partial charge is 0.324 e. The third-order valence-electron chi connectivity index (χ3n) is 5.17. The molecule has 0 bridgehead atoms. The average Bonchev–Trinajstić information content (AvgIpc) is 3.22. The van der Waals surface area contributed by atoms with E-state index in [2.05, 4.69) is 27.6 Å². The number of carbonyl (C=O) groups is 1. The summed E-state index contributed by atoms with van der Waals surface area (Å²) in [6.07, 6.45) is 0.477. The fourth-order valence-corrected chi connectivity index (χ4v) is 3.19. The summed E-state index contributed by atoms with van der Waals surface area (Å²) in [5, 5.41) is 18.9. The van der Waals surface area contributed by atoms with E-state index in [4.69, 9.17) is 5.26 Å². The Labute approximate surface area is 178 Å². The molecule has 0 spiro atoms. The van der Waals surface area contributed by atoms with E-state index in [9.17, 15) is 18.0 Å². The third-order valence-corrected chi connectivity index (χ3v) is 5.17. The van der Waals surface area contributed by atoms with Crippen molar-refractivity contribution in [2.45, 2.75) is 38.4 Å². The lowest BCUT2D eigenvalue weighted by atomic mass is 9.99. The molecule has 2 aromatic rings.